The fourth-order valence-corrected chi connectivity index (χ4v) is 0. The van der Waals surface area contributed by atoms with Gasteiger partial charge in [0.25, 0.3) is 0 Å². The van der Waals surface area contributed by atoms with Crippen molar-refractivity contribution in [3.8, 4) is 0 Å². The second-order valence-electron chi connectivity index (χ2n) is 0. The van der Waals surface area contributed by atoms with Gasteiger partial charge in [0.05, 0.1) is 0 Å². The van der Waals surface area contributed by atoms with Crippen LogP contribution < -0.4 is 0 Å². The van der Waals surface area contributed by atoms with Crippen LogP contribution in [0.4, 0.5) is 0 Å². The van der Waals surface area contributed by atoms with Crippen LogP contribution in [-0.2, 0) is 64.0 Å². The summed E-state index contributed by atoms with van der Waals surface area (Å²) in [6.45, 7) is 0. The number of hydrogen-bond acceptors (Lipinski definition) is 0. The zero-order valence-corrected chi connectivity index (χ0v) is 9.11. The molecule has 0 heterocycles. The summed E-state index contributed by atoms with van der Waals surface area (Å²) in [6.07, 6.45) is 0. The molecule has 0 fully saturated rings. The normalized spacial score (nSPS) is 0. The van der Waals surface area contributed by atoms with E-state index in [0.29, 0.717) is 0 Å². The van der Waals surface area contributed by atoms with Gasteiger partial charge in [0, 0.05) is 0 Å². The Bertz CT molecular complexity index is 10.8. The van der Waals surface area contributed by atoms with Gasteiger partial charge in [0.1, 0.15) is 0 Å². The molecule has 0 atom stereocenters. The first kappa shape index (κ1) is 98.2. The Balaban J connectivity index is 0. The van der Waals surface area contributed by atoms with E-state index in [1.807, 2.05) is 0 Å². The average molecular weight is 301 g/mol. The molecule has 0 amide bonds. The molecule has 0 saturated heterocycles. The maximum absolute atomic E-state index is 0. The van der Waals surface area contributed by atoms with Crippen LogP contribution in [0.5, 0.6) is 0 Å². The Kier molecular flexibility index (Phi) is 1030. The summed E-state index contributed by atoms with van der Waals surface area (Å²) in [6, 6.07) is 0. The van der Waals surface area contributed by atoms with Gasteiger partial charge in [0.2, 0.25) is 0 Å². The van der Waals surface area contributed by atoms with Crippen molar-refractivity contribution >= 4 is 17.4 Å². The van der Waals surface area contributed by atoms with Crippen molar-refractivity contribution in [2.45, 2.75) is 0 Å². The maximum atomic E-state index is 0. The monoisotopic (exact) mass is 303 g/mol. The van der Waals surface area contributed by atoms with Crippen molar-refractivity contribution in [1.82, 2.24) is 0 Å². The average Bonchev–Trinajstić information content (AvgIpc) is 0. The van der Waals surface area contributed by atoms with Gasteiger partial charge < -0.3 is 16.4 Å². The Labute approximate surface area is 80.6 Å². The van der Waals surface area contributed by atoms with Gasteiger partial charge in [-0.05, 0) is 0 Å². The Hall–Kier alpha value is 2.00. The van der Waals surface area contributed by atoms with Gasteiger partial charge in [-0.3, -0.25) is 0 Å². The minimum atomic E-state index is 0. The molecule has 0 N–H and O–H groups in total. The van der Waals surface area contributed by atoms with E-state index in [1.54, 1.807) is 0 Å². The van der Waals surface area contributed by atoms with Crippen LogP contribution in [0.2, 0.25) is 0 Å². The summed E-state index contributed by atoms with van der Waals surface area (Å²) in [4.78, 5) is 0. The van der Waals surface area contributed by atoms with Crippen LogP contribution in [0.1, 0.15) is 0 Å². The van der Waals surface area contributed by atoms with Crippen LogP contribution in [0.3, 0.4) is 0 Å². The third-order valence-electron chi connectivity index (χ3n) is 0. The Morgan fingerprint density at radius 2 is 0.667 bits per heavy atom. The zero-order valence-electron chi connectivity index (χ0n) is 2.80. The second-order valence-corrected chi connectivity index (χ2v) is 0. The number of hydrogen-bond donors (Lipinski definition) is 0. The molecule has 0 bridgehead atoms. The minimum absolute atomic E-state index is 0. The molecule has 0 saturated carbocycles. The SMILES string of the molecule is [Al+3].[Hf+4].[O-2].[O-2].[O-2].[Ti+4]. The van der Waals surface area contributed by atoms with E-state index in [1.165, 1.54) is 0 Å². The standard InChI is InChI=1S/Al.Hf.3O.Ti/q+3;+4;3*-2;+4. The predicted molar refractivity (Wildman–Crippen MR) is 7.81 cm³/mol. The summed E-state index contributed by atoms with van der Waals surface area (Å²) < 4.78 is 0. The topological polar surface area (TPSA) is 85.5 Å². The maximum Gasteiger partial charge on any atom is 4.00 e. The van der Waals surface area contributed by atoms with Crippen LogP contribution >= 0.6 is 0 Å². The molecule has 0 rings (SSSR count). The van der Waals surface area contributed by atoms with E-state index in [2.05, 4.69) is 0 Å². The Morgan fingerprint density at radius 3 is 0.667 bits per heavy atom. The van der Waals surface area contributed by atoms with E-state index in [9.17, 15) is 0 Å². The van der Waals surface area contributed by atoms with Gasteiger partial charge >= 0.3 is 64.9 Å². The first-order chi connectivity index (χ1) is 0. The fourth-order valence-electron chi connectivity index (χ4n) is 0. The molecule has 0 unspecified atom stereocenters. The summed E-state index contributed by atoms with van der Waals surface area (Å²) in [5.41, 5.74) is 0. The van der Waals surface area contributed by atoms with Crippen molar-refractivity contribution in [3.05, 3.63) is 0 Å². The quantitative estimate of drug-likeness (QED) is 0.528. The fraction of sp³-hybridized carbons (Fsp3) is 0. The summed E-state index contributed by atoms with van der Waals surface area (Å²) in [7, 11) is 0. The van der Waals surface area contributed by atoms with Gasteiger partial charge in [-0.15, -0.1) is 0 Å². The van der Waals surface area contributed by atoms with Gasteiger partial charge in [0.15, 0.2) is 0 Å². The van der Waals surface area contributed by atoms with Crippen LogP contribution in [0, 0.1) is 0 Å². The molecular weight excluding hydrogens is 301 g/mol. The molecule has 0 aliphatic rings. The second kappa shape index (κ2) is 63.1. The van der Waals surface area contributed by atoms with Gasteiger partial charge in [-0.25, -0.2) is 0 Å². The minimum Gasteiger partial charge on any atom is -2.00 e. The van der Waals surface area contributed by atoms with Gasteiger partial charge in [-0.1, -0.05) is 0 Å². The third kappa shape index (κ3) is 37.6. The zero-order chi connectivity index (χ0) is 0. The van der Waals surface area contributed by atoms with E-state index in [-0.39, 0.29) is 81.4 Å². The van der Waals surface area contributed by atoms with Crippen LogP contribution in [-0.4, -0.2) is 17.4 Å². The third-order valence-corrected chi connectivity index (χ3v) is 0. The molecule has 0 spiro atoms. The molecular formula is AlHfO3Ti+5. The molecule has 24 valence electrons. The van der Waals surface area contributed by atoms with Gasteiger partial charge in [-0.2, -0.15) is 0 Å². The molecule has 0 aromatic carbocycles. The molecule has 0 aromatic rings. The van der Waals surface area contributed by atoms with E-state index >= 15 is 0 Å². The van der Waals surface area contributed by atoms with Crippen LogP contribution in [0.15, 0.2) is 0 Å². The van der Waals surface area contributed by atoms with Crippen molar-refractivity contribution in [2.24, 2.45) is 0 Å². The van der Waals surface area contributed by atoms with E-state index < -0.39 is 0 Å². The first-order valence-electron chi connectivity index (χ1n) is 0. The summed E-state index contributed by atoms with van der Waals surface area (Å²) in [5, 5.41) is 0. The van der Waals surface area contributed by atoms with E-state index in [4.69, 9.17) is 0 Å². The summed E-state index contributed by atoms with van der Waals surface area (Å²) >= 11 is 0. The molecule has 6 heteroatoms. The van der Waals surface area contributed by atoms with Crippen molar-refractivity contribution < 1.29 is 64.0 Å². The molecule has 0 aliphatic heterocycles. The van der Waals surface area contributed by atoms with Crippen molar-refractivity contribution in [3.63, 3.8) is 0 Å². The smallest absolute Gasteiger partial charge is 2.00 e. The van der Waals surface area contributed by atoms with Crippen molar-refractivity contribution in [2.75, 3.05) is 0 Å². The predicted octanol–water partition coefficient (Wildman–Crippen LogP) is -0.742. The van der Waals surface area contributed by atoms with Crippen LogP contribution in [0.25, 0.3) is 0 Å². The first-order valence-corrected chi connectivity index (χ1v) is 0. The molecule has 3 nitrogen and oxygen atoms in total. The number of rotatable bonds is 0. The Morgan fingerprint density at radius 1 is 0.667 bits per heavy atom. The molecule has 0 radical (unpaired) electrons. The van der Waals surface area contributed by atoms with E-state index in [0.717, 1.165) is 0 Å². The summed E-state index contributed by atoms with van der Waals surface area (Å²) in [5.74, 6) is 0. The molecule has 0 aliphatic carbocycles. The largest absolute Gasteiger partial charge is 4.00 e. The molecule has 6 heavy (non-hydrogen) atoms. The van der Waals surface area contributed by atoms with Crippen molar-refractivity contribution in [1.29, 1.82) is 0 Å². The molecule has 0 aromatic heterocycles.